The summed E-state index contributed by atoms with van der Waals surface area (Å²) in [5, 5.41) is 2.17. The number of rotatable bonds is 5. The summed E-state index contributed by atoms with van der Waals surface area (Å²) in [6, 6.07) is 32.8. The highest BCUT2D eigenvalue weighted by molar-refractivity contribution is 5.89. The van der Waals surface area contributed by atoms with Gasteiger partial charge in [0, 0.05) is 36.5 Å². The highest BCUT2D eigenvalue weighted by Gasteiger charge is 2.32. The van der Waals surface area contributed by atoms with E-state index in [1.165, 1.54) is 17.0 Å². The molecule has 0 radical (unpaired) electrons. The lowest BCUT2D eigenvalue weighted by atomic mass is 10.0. The van der Waals surface area contributed by atoms with E-state index in [0.29, 0.717) is 0 Å². The molecule has 0 aliphatic rings. The normalized spacial score (nSPS) is 12.0. The van der Waals surface area contributed by atoms with Gasteiger partial charge in [-0.25, -0.2) is 0 Å². The Hall–Kier alpha value is -4.25. The first-order valence-corrected chi connectivity index (χ1v) is 11.8. The van der Waals surface area contributed by atoms with Crippen molar-refractivity contribution in [2.24, 2.45) is 0 Å². The van der Waals surface area contributed by atoms with E-state index in [9.17, 15) is 13.2 Å². The molecule has 6 rings (SSSR count). The Balaban J connectivity index is 1.37. The lowest BCUT2D eigenvalue weighted by molar-refractivity contribution is -0.138. The third kappa shape index (κ3) is 4.17. The van der Waals surface area contributed by atoms with Gasteiger partial charge in [0.05, 0.1) is 5.56 Å². The molecule has 5 heteroatoms. The first-order chi connectivity index (χ1) is 17.5. The van der Waals surface area contributed by atoms with Crippen molar-refractivity contribution < 1.29 is 13.2 Å². The van der Waals surface area contributed by atoms with E-state index in [-0.39, 0.29) is 12.1 Å². The molecule has 178 valence electrons. The van der Waals surface area contributed by atoms with Crippen LogP contribution in [0.15, 0.2) is 116 Å². The molecule has 0 fully saturated rings. The molecule has 0 unspecified atom stereocenters. The van der Waals surface area contributed by atoms with Crippen molar-refractivity contribution in [3.63, 3.8) is 0 Å². The third-order valence-electron chi connectivity index (χ3n) is 6.74. The predicted octanol–water partition coefficient (Wildman–Crippen LogP) is 8.38. The lowest BCUT2D eigenvalue weighted by Gasteiger charge is -2.14. The Morgan fingerprint density at radius 3 is 1.72 bits per heavy atom. The van der Waals surface area contributed by atoms with Gasteiger partial charge in [0.1, 0.15) is 0 Å². The highest BCUT2D eigenvalue weighted by atomic mass is 19.4. The first kappa shape index (κ1) is 22.2. The van der Waals surface area contributed by atoms with Crippen LogP contribution in [0.1, 0.15) is 16.7 Å². The van der Waals surface area contributed by atoms with Crippen LogP contribution < -0.4 is 0 Å². The van der Waals surface area contributed by atoms with Crippen LogP contribution in [-0.4, -0.2) is 9.13 Å². The molecule has 0 atom stereocenters. The molecule has 0 aliphatic heterocycles. The van der Waals surface area contributed by atoms with Crippen molar-refractivity contribution in [1.29, 1.82) is 0 Å². The van der Waals surface area contributed by atoms with Crippen molar-refractivity contribution >= 4 is 21.8 Å². The maximum absolute atomic E-state index is 13.5. The predicted molar refractivity (Wildman–Crippen MR) is 139 cm³/mol. The van der Waals surface area contributed by atoms with Crippen molar-refractivity contribution in [2.45, 2.75) is 19.3 Å². The molecule has 6 aromatic rings. The molecular formula is C31H23F3N2. The molecule has 2 heterocycles. The average Bonchev–Trinajstić information content (AvgIpc) is 3.47. The summed E-state index contributed by atoms with van der Waals surface area (Å²) >= 11 is 0. The molecule has 36 heavy (non-hydrogen) atoms. The average molecular weight is 481 g/mol. The zero-order valence-electron chi connectivity index (χ0n) is 19.4. The zero-order chi connectivity index (χ0) is 24.7. The number of hydrogen-bond donors (Lipinski definition) is 0. The van der Waals surface area contributed by atoms with Crippen LogP contribution in [0.3, 0.4) is 0 Å². The van der Waals surface area contributed by atoms with Gasteiger partial charge in [0.15, 0.2) is 0 Å². The summed E-state index contributed by atoms with van der Waals surface area (Å²) in [6.45, 7) is 0.940. The number of aromatic nitrogens is 2. The van der Waals surface area contributed by atoms with Crippen LogP contribution in [0.4, 0.5) is 13.2 Å². The monoisotopic (exact) mass is 480 g/mol. The second-order valence-electron chi connectivity index (χ2n) is 9.07. The second kappa shape index (κ2) is 8.76. The quantitative estimate of drug-likeness (QED) is 0.235. The molecule has 0 saturated carbocycles. The summed E-state index contributed by atoms with van der Waals surface area (Å²) in [7, 11) is 0. The third-order valence-corrected chi connectivity index (χ3v) is 6.74. The fourth-order valence-corrected chi connectivity index (χ4v) is 4.90. The van der Waals surface area contributed by atoms with Crippen molar-refractivity contribution in [2.75, 3.05) is 0 Å². The van der Waals surface area contributed by atoms with Gasteiger partial charge < -0.3 is 9.13 Å². The van der Waals surface area contributed by atoms with Crippen LogP contribution in [0.25, 0.3) is 32.9 Å². The number of alkyl halides is 3. The standard InChI is InChI=1S/C31H23F3N2/c32-31(33,34)28-9-5-4-8-27(28)21-36-17-15-24-11-13-26(19-30(24)36)25-12-10-23-14-16-35(29(23)18-25)20-22-6-2-1-3-7-22/h1-19H,20-21H2. The molecule has 2 aromatic heterocycles. The molecule has 0 N–H and O–H groups in total. The number of halogens is 3. The van der Waals surface area contributed by atoms with Gasteiger partial charge in [0.25, 0.3) is 0 Å². The van der Waals surface area contributed by atoms with E-state index in [1.807, 2.05) is 41.1 Å². The lowest BCUT2D eigenvalue weighted by Crippen LogP contribution is -2.11. The van der Waals surface area contributed by atoms with Gasteiger partial charge in [-0.15, -0.1) is 0 Å². The van der Waals surface area contributed by atoms with Crippen LogP contribution >= 0.6 is 0 Å². The number of benzene rings is 4. The summed E-state index contributed by atoms with van der Waals surface area (Å²) < 4.78 is 44.7. The van der Waals surface area contributed by atoms with Gasteiger partial charge in [-0.1, -0.05) is 72.8 Å². The topological polar surface area (TPSA) is 9.86 Å². The number of fused-ring (bicyclic) bond motifs is 2. The Morgan fingerprint density at radius 2 is 1.11 bits per heavy atom. The zero-order valence-corrected chi connectivity index (χ0v) is 19.4. The van der Waals surface area contributed by atoms with Crippen LogP contribution in [-0.2, 0) is 19.3 Å². The van der Waals surface area contributed by atoms with E-state index >= 15 is 0 Å². The van der Waals surface area contributed by atoms with Gasteiger partial charge >= 0.3 is 6.18 Å². The van der Waals surface area contributed by atoms with Crippen molar-refractivity contribution in [3.8, 4) is 11.1 Å². The minimum Gasteiger partial charge on any atom is -0.343 e. The summed E-state index contributed by atoms with van der Waals surface area (Å²) in [4.78, 5) is 0. The van der Waals surface area contributed by atoms with E-state index in [2.05, 4.69) is 59.3 Å². The van der Waals surface area contributed by atoms with Crippen LogP contribution in [0, 0.1) is 0 Å². The van der Waals surface area contributed by atoms with E-state index in [1.54, 1.807) is 12.1 Å². The minimum absolute atomic E-state index is 0.154. The first-order valence-electron chi connectivity index (χ1n) is 11.8. The minimum atomic E-state index is -4.38. The number of nitrogens with zero attached hydrogens (tertiary/aromatic N) is 2. The Morgan fingerprint density at radius 1 is 0.556 bits per heavy atom. The molecule has 0 saturated heterocycles. The maximum atomic E-state index is 13.5. The summed E-state index contributed by atoms with van der Waals surface area (Å²) in [6.07, 6.45) is -0.418. The Labute approximate surface area is 206 Å². The van der Waals surface area contributed by atoms with Gasteiger partial charge in [0.2, 0.25) is 0 Å². The maximum Gasteiger partial charge on any atom is 0.416 e. The highest BCUT2D eigenvalue weighted by Crippen LogP contribution is 2.33. The largest absolute Gasteiger partial charge is 0.416 e. The molecule has 0 spiro atoms. The SMILES string of the molecule is FC(F)(F)c1ccccc1Cn1ccc2ccc(-c3ccc4ccn(Cc5ccccc5)c4c3)cc21. The van der Waals surface area contributed by atoms with Crippen molar-refractivity contribution in [1.82, 2.24) is 9.13 Å². The molecule has 0 bridgehead atoms. The van der Waals surface area contributed by atoms with Crippen LogP contribution in [0.2, 0.25) is 0 Å². The van der Waals surface area contributed by atoms with Crippen LogP contribution in [0.5, 0.6) is 0 Å². The molecule has 4 aromatic carbocycles. The summed E-state index contributed by atoms with van der Waals surface area (Å²) in [5.74, 6) is 0. The Kier molecular flexibility index (Phi) is 5.41. The molecule has 2 nitrogen and oxygen atoms in total. The fourth-order valence-electron chi connectivity index (χ4n) is 4.90. The Bertz CT molecular complexity index is 1670. The fraction of sp³-hybridized carbons (Fsp3) is 0.0968. The number of hydrogen-bond acceptors (Lipinski definition) is 0. The smallest absolute Gasteiger partial charge is 0.343 e. The van der Waals surface area contributed by atoms with E-state index in [4.69, 9.17) is 0 Å². The second-order valence-corrected chi connectivity index (χ2v) is 9.07. The van der Waals surface area contributed by atoms with Crippen molar-refractivity contribution in [3.05, 3.63) is 132 Å². The van der Waals surface area contributed by atoms with E-state index in [0.717, 1.165) is 40.2 Å². The van der Waals surface area contributed by atoms with Gasteiger partial charge in [-0.3, -0.25) is 0 Å². The molecular weight excluding hydrogens is 457 g/mol. The van der Waals surface area contributed by atoms with E-state index < -0.39 is 11.7 Å². The summed E-state index contributed by atoms with van der Waals surface area (Å²) in [5.41, 5.74) is 5.05. The van der Waals surface area contributed by atoms with Gasteiger partial charge in [-0.05, 0) is 63.4 Å². The van der Waals surface area contributed by atoms with Gasteiger partial charge in [-0.2, -0.15) is 13.2 Å². The molecule has 0 aliphatic carbocycles. The molecule has 0 amide bonds.